The van der Waals surface area contributed by atoms with Crippen molar-refractivity contribution in [2.24, 2.45) is 5.92 Å². The zero-order valence-corrected chi connectivity index (χ0v) is 9.24. The van der Waals surface area contributed by atoms with Gasteiger partial charge in [0.15, 0.2) is 0 Å². The van der Waals surface area contributed by atoms with E-state index in [1.165, 1.54) is 0 Å². The maximum absolute atomic E-state index is 11.4. The molecule has 2 rings (SSSR count). The number of alkyl halides is 2. The molecule has 80 valence electrons. The zero-order chi connectivity index (χ0) is 10.4. The average molecular weight is 238 g/mol. The van der Waals surface area contributed by atoms with Gasteiger partial charge in [-0.3, -0.25) is 4.79 Å². The van der Waals surface area contributed by atoms with Gasteiger partial charge in [-0.25, -0.2) is 0 Å². The highest BCUT2D eigenvalue weighted by molar-refractivity contribution is 6.52. The number of halogens is 2. The molecule has 0 aromatic rings. The number of nitrogens with one attached hydrogen (secondary N) is 1. The molecule has 0 saturated heterocycles. The second-order valence-electron chi connectivity index (χ2n) is 4.31. The monoisotopic (exact) mass is 237 g/mol. The van der Waals surface area contributed by atoms with Crippen LogP contribution in [0.15, 0.2) is 0 Å². The fourth-order valence-electron chi connectivity index (χ4n) is 1.63. The Bertz CT molecular complexity index is 264. The molecule has 0 aliphatic heterocycles. The van der Waals surface area contributed by atoms with Crippen molar-refractivity contribution in [3.05, 3.63) is 0 Å². The van der Waals surface area contributed by atoms with Gasteiger partial charge in [-0.15, -0.1) is 23.2 Å². The van der Waals surface area contributed by atoms with E-state index in [2.05, 4.69) is 5.32 Å². The lowest BCUT2D eigenvalue weighted by Gasteiger charge is -2.36. The van der Waals surface area contributed by atoms with Crippen molar-refractivity contribution in [2.45, 2.75) is 35.6 Å². The second-order valence-corrected chi connectivity index (χ2v) is 5.86. The minimum Gasteiger partial charge on any atom is -0.388 e. The maximum Gasteiger partial charge on any atom is 0.226 e. The molecule has 1 amide bonds. The lowest BCUT2D eigenvalue weighted by atomic mass is 9.80. The van der Waals surface area contributed by atoms with E-state index in [1.807, 2.05) is 0 Å². The van der Waals surface area contributed by atoms with E-state index in [9.17, 15) is 9.90 Å². The first-order valence-electron chi connectivity index (χ1n) is 4.81. The number of carbonyl (C=O) groups is 1. The Kier molecular flexibility index (Phi) is 2.45. The van der Waals surface area contributed by atoms with Gasteiger partial charge in [-0.05, 0) is 25.7 Å². The quantitative estimate of drug-likeness (QED) is 0.726. The van der Waals surface area contributed by atoms with E-state index in [4.69, 9.17) is 23.2 Å². The van der Waals surface area contributed by atoms with Crippen molar-refractivity contribution < 1.29 is 9.90 Å². The number of hydrogen-bond acceptors (Lipinski definition) is 2. The number of carbonyl (C=O) groups excluding carboxylic acids is 1. The van der Waals surface area contributed by atoms with Crippen molar-refractivity contribution >= 4 is 29.1 Å². The van der Waals surface area contributed by atoms with Gasteiger partial charge in [0.2, 0.25) is 5.91 Å². The van der Waals surface area contributed by atoms with Crippen LogP contribution >= 0.6 is 23.2 Å². The summed E-state index contributed by atoms with van der Waals surface area (Å²) < 4.78 is -0.869. The molecule has 0 aromatic carbocycles. The molecular weight excluding hydrogens is 225 g/mol. The molecule has 3 nitrogen and oxygen atoms in total. The van der Waals surface area contributed by atoms with Gasteiger partial charge in [-0.2, -0.15) is 0 Å². The smallest absolute Gasteiger partial charge is 0.226 e. The first kappa shape index (κ1) is 10.5. The van der Waals surface area contributed by atoms with E-state index in [-0.39, 0.29) is 11.8 Å². The van der Waals surface area contributed by atoms with Crippen LogP contribution in [0.3, 0.4) is 0 Å². The fraction of sp³-hybridized carbons (Fsp3) is 0.889. The van der Waals surface area contributed by atoms with Crippen LogP contribution in [0.4, 0.5) is 0 Å². The Hall–Kier alpha value is 0.01000. The van der Waals surface area contributed by atoms with Crippen LogP contribution in [0.25, 0.3) is 0 Å². The molecule has 0 heterocycles. The SMILES string of the molecule is O=C(NCC1(O)CCC1)[C@@H]1CC1(Cl)Cl. The third-order valence-electron chi connectivity index (χ3n) is 3.02. The zero-order valence-electron chi connectivity index (χ0n) is 7.72. The molecule has 0 bridgehead atoms. The summed E-state index contributed by atoms with van der Waals surface area (Å²) in [6.45, 7) is 0.326. The minimum atomic E-state index is -0.869. The summed E-state index contributed by atoms with van der Waals surface area (Å²) in [5.74, 6) is -0.440. The predicted octanol–water partition coefficient (Wildman–Crippen LogP) is 1.21. The maximum atomic E-state index is 11.4. The molecule has 1 atom stereocenters. The number of amides is 1. The highest BCUT2D eigenvalue weighted by atomic mass is 35.5. The minimum absolute atomic E-state index is 0.143. The predicted molar refractivity (Wildman–Crippen MR) is 54.4 cm³/mol. The molecule has 2 aliphatic carbocycles. The molecule has 2 N–H and O–H groups in total. The Labute approximate surface area is 92.8 Å². The van der Waals surface area contributed by atoms with Crippen molar-refractivity contribution in [1.82, 2.24) is 5.32 Å². The molecule has 0 aromatic heterocycles. The van der Waals surface area contributed by atoms with E-state index in [0.717, 1.165) is 19.3 Å². The third kappa shape index (κ3) is 2.00. The third-order valence-corrected chi connectivity index (χ3v) is 3.85. The Morgan fingerprint density at radius 2 is 2.07 bits per heavy atom. The average Bonchev–Trinajstić information content (AvgIpc) is 2.68. The summed E-state index contributed by atoms with van der Waals surface area (Å²) in [6.07, 6.45) is 3.08. The summed E-state index contributed by atoms with van der Waals surface area (Å²) in [4.78, 5) is 11.4. The molecule has 2 aliphatic rings. The fourth-order valence-corrected chi connectivity index (χ4v) is 2.14. The summed E-state index contributed by atoms with van der Waals surface area (Å²) in [6, 6.07) is 0. The molecular formula is C9H13Cl2NO2. The second kappa shape index (κ2) is 3.26. The molecule has 5 heteroatoms. The van der Waals surface area contributed by atoms with Crippen LogP contribution < -0.4 is 5.32 Å². The first-order valence-corrected chi connectivity index (χ1v) is 5.56. The largest absolute Gasteiger partial charge is 0.388 e. The highest BCUT2D eigenvalue weighted by Gasteiger charge is 2.56. The normalized spacial score (nSPS) is 31.8. The summed E-state index contributed by atoms with van der Waals surface area (Å²) in [7, 11) is 0. The van der Waals surface area contributed by atoms with Gasteiger partial charge in [0.25, 0.3) is 0 Å². The molecule has 0 radical (unpaired) electrons. The Morgan fingerprint density at radius 1 is 1.50 bits per heavy atom. The highest BCUT2D eigenvalue weighted by Crippen LogP contribution is 2.53. The van der Waals surface area contributed by atoms with Gasteiger partial charge in [-0.1, -0.05) is 0 Å². The van der Waals surface area contributed by atoms with Gasteiger partial charge < -0.3 is 10.4 Å². The molecule has 14 heavy (non-hydrogen) atoms. The van der Waals surface area contributed by atoms with Crippen molar-refractivity contribution in [3.8, 4) is 0 Å². The van der Waals surface area contributed by atoms with Gasteiger partial charge in [0.1, 0.15) is 4.33 Å². The topological polar surface area (TPSA) is 49.3 Å². The lowest BCUT2D eigenvalue weighted by molar-refractivity contribution is -0.124. The molecule has 0 unspecified atom stereocenters. The Balaban J connectivity index is 1.74. The molecule has 2 fully saturated rings. The van der Waals surface area contributed by atoms with Crippen LogP contribution in [0.1, 0.15) is 25.7 Å². The summed E-state index contributed by atoms with van der Waals surface area (Å²) >= 11 is 11.5. The number of hydrogen-bond donors (Lipinski definition) is 2. The van der Waals surface area contributed by atoms with Crippen LogP contribution in [0, 0.1) is 5.92 Å². The summed E-state index contributed by atoms with van der Waals surface area (Å²) in [5.41, 5.74) is -0.675. The van der Waals surface area contributed by atoms with Crippen LogP contribution in [-0.4, -0.2) is 27.5 Å². The van der Waals surface area contributed by atoms with E-state index in [1.54, 1.807) is 0 Å². The van der Waals surface area contributed by atoms with Gasteiger partial charge in [0.05, 0.1) is 11.5 Å². The van der Waals surface area contributed by atoms with Crippen LogP contribution in [0.2, 0.25) is 0 Å². The number of aliphatic hydroxyl groups is 1. The van der Waals surface area contributed by atoms with Crippen molar-refractivity contribution in [3.63, 3.8) is 0 Å². The van der Waals surface area contributed by atoms with Gasteiger partial charge in [0, 0.05) is 6.54 Å². The van der Waals surface area contributed by atoms with Crippen molar-refractivity contribution in [2.75, 3.05) is 6.54 Å². The number of rotatable bonds is 3. The lowest BCUT2D eigenvalue weighted by Crippen LogP contribution is -2.48. The van der Waals surface area contributed by atoms with E-state index >= 15 is 0 Å². The first-order chi connectivity index (χ1) is 6.43. The van der Waals surface area contributed by atoms with Gasteiger partial charge >= 0.3 is 0 Å². The molecule has 2 saturated carbocycles. The van der Waals surface area contributed by atoms with Crippen LogP contribution in [0.5, 0.6) is 0 Å². The Morgan fingerprint density at radius 3 is 2.43 bits per heavy atom. The standard InChI is InChI=1S/C9H13Cl2NO2/c10-9(11)4-6(9)7(13)12-5-8(14)2-1-3-8/h6,14H,1-5H2,(H,12,13)/t6-/m0/s1. The summed E-state index contributed by atoms with van der Waals surface area (Å²) in [5, 5.41) is 12.4. The van der Waals surface area contributed by atoms with Crippen LogP contribution in [-0.2, 0) is 4.79 Å². The van der Waals surface area contributed by atoms with E-state index < -0.39 is 9.93 Å². The molecule has 0 spiro atoms. The van der Waals surface area contributed by atoms with Crippen molar-refractivity contribution in [1.29, 1.82) is 0 Å². The van der Waals surface area contributed by atoms with E-state index in [0.29, 0.717) is 13.0 Å².